The number of benzene rings is 3. The Balaban J connectivity index is 0.000000566. The van der Waals surface area contributed by atoms with E-state index in [1.165, 1.54) is 35.1 Å². The molecule has 0 aliphatic carbocycles. The second kappa shape index (κ2) is 17.2. The van der Waals surface area contributed by atoms with Gasteiger partial charge in [0.25, 0.3) is 5.91 Å². The van der Waals surface area contributed by atoms with Crippen LogP contribution in [-0.4, -0.2) is 94.2 Å². The lowest BCUT2D eigenvalue weighted by Crippen LogP contribution is -2.52. The smallest absolute Gasteiger partial charge is 0.338 e. The number of imidazole rings is 1. The molecule has 0 unspecified atom stereocenters. The first-order valence-electron chi connectivity index (χ1n) is 17.3. The number of likely N-dealkylation sites (tertiary alicyclic amines) is 1. The lowest BCUT2D eigenvalue weighted by Gasteiger charge is -2.34. The van der Waals surface area contributed by atoms with Crippen molar-refractivity contribution in [1.29, 1.82) is 5.26 Å². The second-order valence-corrected chi connectivity index (χ2v) is 14.8. The first kappa shape index (κ1) is 40.6. The third kappa shape index (κ3) is 9.92. The molecule has 1 aliphatic rings. The number of aromatic nitrogens is 4. The Morgan fingerprint density at radius 2 is 1.65 bits per heavy atom. The number of quaternary nitrogens is 1. The van der Waals surface area contributed by atoms with Crippen molar-refractivity contribution in [2.24, 2.45) is 0 Å². The molecule has 0 bridgehead atoms. The van der Waals surface area contributed by atoms with Crippen LogP contribution in [0, 0.1) is 18.3 Å². The minimum Gasteiger partial charge on any atom is -0.338 e. The number of rotatable bonds is 8. The molecule has 0 saturated carbocycles. The van der Waals surface area contributed by atoms with Crippen molar-refractivity contribution in [3.8, 4) is 28.8 Å². The standard InChI is InChI=1S/C32H33F3N8O3.C7H8OS/c1-21-29(27-12-15-37-42(27)25-10-8-22(19-36)9-11-25)41(31(46)40(21)26-7-5-6-23(18-26)32(33,34)35)30(45)38-24-13-16-39(17-14-24)28(44)20-43(2,3)4;1-8-9-7-5-3-2-4-6-7/h5-12,15,18,24H,13-14,16-17,20H2,1-4H3;2-6H,1H3/p+1. The molecular formula is C39H42F3N8O4S+. The zero-order valence-corrected chi connectivity index (χ0v) is 31.9. The minimum atomic E-state index is -4.65. The molecule has 1 fully saturated rings. The Morgan fingerprint density at radius 1 is 0.982 bits per heavy atom. The number of amides is 2. The molecule has 0 radical (unpaired) electrons. The highest BCUT2D eigenvalue weighted by Crippen LogP contribution is 2.32. The zero-order valence-electron chi connectivity index (χ0n) is 31.1. The van der Waals surface area contributed by atoms with Gasteiger partial charge in [-0.3, -0.25) is 9.36 Å². The first-order chi connectivity index (χ1) is 26.1. The highest BCUT2D eigenvalue weighted by Gasteiger charge is 2.33. The summed E-state index contributed by atoms with van der Waals surface area (Å²) >= 11 is 1.38. The van der Waals surface area contributed by atoms with Crippen LogP contribution in [0.1, 0.15) is 29.7 Å². The van der Waals surface area contributed by atoms with Crippen LogP contribution in [0.3, 0.4) is 0 Å². The van der Waals surface area contributed by atoms with Crippen molar-refractivity contribution in [2.45, 2.75) is 36.9 Å². The molecule has 16 heteroatoms. The van der Waals surface area contributed by atoms with E-state index in [4.69, 9.17) is 4.18 Å². The van der Waals surface area contributed by atoms with E-state index in [9.17, 15) is 32.8 Å². The van der Waals surface area contributed by atoms with Crippen LogP contribution >= 0.6 is 12.0 Å². The minimum absolute atomic E-state index is 0.0145. The maximum absolute atomic E-state index is 14.0. The van der Waals surface area contributed by atoms with Crippen LogP contribution < -0.4 is 11.0 Å². The molecule has 6 rings (SSSR count). The maximum atomic E-state index is 14.0. The van der Waals surface area contributed by atoms with Gasteiger partial charge in [0, 0.05) is 36.1 Å². The van der Waals surface area contributed by atoms with Gasteiger partial charge in [-0.05, 0) is 80.4 Å². The van der Waals surface area contributed by atoms with Gasteiger partial charge in [0.2, 0.25) is 0 Å². The van der Waals surface area contributed by atoms with E-state index in [0.29, 0.717) is 53.9 Å². The van der Waals surface area contributed by atoms with E-state index in [0.717, 1.165) is 26.2 Å². The van der Waals surface area contributed by atoms with Gasteiger partial charge in [0.15, 0.2) is 6.54 Å². The predicted molar refractivity (Wildman–Crippen MR) is 203 cm³/mol. The van der Waals surface area contributed by atoms with Crippen LogP contribution in [0.2, 0.25) is 0 Å². The molecule has 2 amide bonds. The quantitative estimate of drug-likeness (QED) is 0.145. The Morgan fingerprint density at radius 3 is 2.25 bits per heavy atom. The highest BCUT2D eigenvalue weighted by atomic mass is 32.2. The first-order valence-corrected chi connectivity index (χ1v) is 18.1. The fraction of sp³-hybridized carbons (Fsp3) is 0.308. The number of carbonyl (C=O) groups excluding carboxylic acids is 2. The monoisotopic (exact) mass is 775 g/mol. The Hall–Kier alpha value is -5.63. The third-order valence-corrected chi connectivity index (χ3v) is 9.38. The van der Waals surface area contributed by atoms with Gasteiger partial charge < -0.3 is 18.9 Å². The van der Waals surface area contributed by atoms with Crippen molar-refractivity contribution < 1.29 is 31.4 Å². The summed E-state index contributed by atoms with van der Waals surface area (Å²) in [5.74, 6) is 0.0145. The molecule has 2 aromatic heterocycles. The van der Waals surface area contributed by atoms with Crippen molar-refractivity contribution in [2.75, 3.05) is 47.9 Å². The van der Waals surface area contributed by atoms with Gasteiger partial charge in [-0.15, -0.1) is 0 Å². The molecule has 3 aromatic carbocycles. The zero-order chi connectivity index (χ0) is 39.9. The van der Waals surface area contributed by atoms with Crippen molar-refractivity contribution in [3.63, 3.8) is 0 Å². The largest absolute Gasteiger partial charge is 0.416 e. The lowest BCUT2D eigenvalue weighted by atomic mass is 10.1. The third-order valence-electron chi connectivity index (χ3n) is 8.75. The fourth-order valence-corrected chi connectivity index (χ4v) is 6.64. The maximum Gasteiger partial charge on any atom is 0.416 e. The van der Waals surface area contributed by atoms with Crippen LogP contribution in [-0.2, 0) is 15.2 Å². The van der Waals surface area contributed by atoms with Gasteiger partial charge >= 0.3 is 17.9 Å². The normalized spacial score (nSPS) is 13.5. The molecule has 1 aliphatic heterocycles. The summed E-state index contributed by atoms with van der Waals surface area (Å²) < 4.78 is 49.7. The van der Waals surface area contributed by atoms with Gasteiger partial charge in [-0.2, -0.15) is 23.5 Å². The molecule has 0 atom stereocenters. The summed E-state index contributed by atoms with van der Waals surface area (Å²) in [5.41, 5.74) is -0.203. The average molecular weight is 776 g/mol. The average Bonchev–Trinajstić information content (AvgIpc) is 3.73. The Bertz CT molecular complexity index is 2210. The number of hydrogen-bond acceptors (Lipinski definition) is 7. The van der Waals surface area contributed by atoms with E-state index in [2.05, 4.69) is 10.4 Å². The number of halogens is 3. The van der Waals surface area contributed by atoms with Crippen LogP contribution in [0.25, 0.3) is 22.8 Å². The molecule has 1 saturated heterocycles. The number of hydrogen-bond donors (Lipinski definition) is 1. The lowest BCUT2D eigenvalue weighted by molar-refractivity contribution is -0.862. The summed E-state index contributed by atoms with van der Waals surface area (Å²) in [6.45, 7) is 2.75. The topological polar surface area (TPSA) is 127 Å². The molecular weight excluding hydrogens is 734 g/mol. The van der Waals surface area contributed by atoms with Crippen LogP contribution in [0.15, 0.2) is 101 Å². The summed E-state index contributed by atoms with van der Waals surface area (Å²) in [5, 5.41) is 16.5. The van der Waals surface area contributed by atoms with E-state index in [1.54, 1.807) is 49.3 Å². The predicted octanol–water partition coefficient (Wildman–Crippen LogP) is 6.29. The van der Waals surface area contributed by atoms with Gasteiger partial charge in [-0.1, -0.05) is 24.3 Å². The Labute approximate surface area is 321 Å². The van der Waals surface area contributed by atoms with E-state index >= 15 is 0 Å². The molecule has 3 heterocycles. The van der Waals surface area contributed by atoms with Crippen LogP contribution in [0.5, 0.6) is 0 Å². The second-order valence-electron chi connectivity index (χ2n) is 13.8. The van der Waals surface area contributed by atoms with Crippen molar-refractivity contribution in [3.05, 3.63) is 118 Å². The Kier molecular flexibility index (Phi) is 12.7. The van der Waals surface area contributed by atoms with Crippen LogP contribution in [0.4, 0.5) is 18.0 Å². The SMILES string of the molecule is COSc1ccccc1.Cc1c(-c2ccnn2-c2ccc(C#N)cc2)n(C(=O)NC2CCN(C(=O)C[N+](C)(C)C)CC2)c(=O)n1-c1cccc(C(F)(F)F)c1. The van der Waals surface area contributed by atoms with E-state index < -0.39 is 23.5 Å². The van der Waals surface area contributed by atoms with Gasteiger partial charge in [-0.25, -0.2) is 18.8 Å². The number of piperidine rings is 1. The summed E-state index contributed by atoms with van der Waals surface area (Å²) in [6.07, 6.45) is -2.23. The number of nitrogens with zero attached hydrogens (tertiary/aromatic N) is 7. The molecule has 55 heavy (non-hydrogen) atoms. The fourth-order valence-electron chi connectivity index (χ4n) is 6.18. The number of alkyl halides is 3. The number of carbonyl (C=O) groups is 2. The number of nitriles is 1. The summed E-state index contributed by atoms with van der Waals surface area (Å²) in [7, 11) is 7.46. The van der Waals surface area contributed by atoms with Gasteiger partial charge in [0.05, 0.1) is 74.4 Å². The van der Waals surface area contributed by atoms with E-state index in [1.807, 2.05) is 57.5 Å². The molecule has 12 nitrogen and oxygen atoms in total. The molecule has 1 N–H and O–H groups in total. The highest BCUT2D eigenvalue weighted by molar-refractivity contribution is 7.94. The summed E-state index contributed by atoms with van der Waals surface area (Å²) in [6, 6.07) is 23.4. The van der Waals surface area contributed by atoms with Crippen molar-refractivity contribution in [1.82, 2.24) is 29.1 Å². The van der Waals surface area contributed by atoms with E-state index in [-0.39, 0.29) is 29.0 Å². The van der Waals surface area contributed by atoms with Crippen molar-refractivity contribution >= 4 is 24.0 Å². The molecule has 5 aromatic rings. The number of nitrogens with one attached hydrogen (secondary N) is 1. The van der Waals surface area contributed by atoms with Gasteiger partial charge in [0.1, 0.15) is 5.69 Å². The summed E-state index contributed by atoms with van der Waals surface area (Å²) in [4.78, 5) is 43.5. The molecule has 288 valence electrons. The number of likely N-dealkylation sites (N-methyl/N-ethyl adjacent to an activating group) is 1. The molecule has 0 spiro atoms.